The molecule has 1 aromatic carbocycles. The molecule has 1 aromatic rings. The number of hydrogen-bond donors (Lipinski definition) is 3. The third-order valence-electron chi connectivity index (χ3n) is 2.39. The summed E-state index contributed by atoms with van der Waals surface area (Å²) in [5.41, 5.74) is 8.61. The maximum atomic E-state index is 9.21. The Kier molecular flexibility index (Phi) is 4.73. The van der Waals surface area contributed by atoms with Gasteiger partial charge in [-0.3, -0.25) is 0 Å². The van der Waals surface area contributed by atoms with Gasteiger partial charge in [0.25, 0.3) is 0 Å². The van der Waals surface area contributed by atoms with Crippen molar-refractivity contribution in [3.63, 3.8) is 0 Å². The molecule has 0 bridgehead atoms. The highest BCUT2D eigenvalue weighted by Crippen LogP contribution is 2.24. The molecular weight excluding hydrogens is 206 g/mol. The lowest BCUT2D eigenvalue weighted by Gasteiger charge is -2.15. The van der Waals surface area contributed by atoms with Gasteiger partial charge in [-0.1, -0.05) is 12.1 Å². The molecule has 0 saturated carbocycles. The monoisotopic (exact) mass is 225 g/mol. The van der Waals surface area contributed by atoms with Crippen LogP contribution in [0.5, 0.6) is 5.75 Å². The second kappa shape index (κ2) is 5.84. The first-order valence-electron chi connectivity index (χ1n) is 5.30. The van der Waals surface area contributed by atoms with E-state index in [1.54, 1.807) is 0 Å². The predicted octanol–water partition coefficient (Wildman–Crippen LogP) is 0.494. The zero-order valence-corrected chi connectivity index (χ0v) is 9.73. The summed E-state index contributed by atoms with van der Waals surface area (Å²) in [6, 6.07) is 3.93. The SMILES string of the molecule is Cc1cc(CN)cc(C)c1OC[C@H](O)CO. The van der Waals surface area contributed by atoms with Gasteiger partial charge in [0.15, 0.2) is 0 Å². The normalized spacial score (nSPS) is 12.6. The van der Waals surface area contributed by atoms with E-state index >= 15 is 0 Å². The van der Waals surface area contributed by atoms with Gasteiger partial charge < -0.3 is 20.7 Å². The number of benzene rings is 1. The maximum Gasteiger partial charge on any atom is 0.125 e. The molecule has 1 atom stereocenters. The van der Waals surface area contributed by atoms with E-state index in [0.29, 0.717) is 6.54 Å². The highest BCUT2D eigenvalue weighted by atomic mass is 16.5. The van der Waals surface area contributed by atoms with Crippen LogP contribution in [0.1, 0.15) is 16.7 Å². The number of aliphatic hydroxyl groups is 2. The summed E-state index contributed by atoms with van der Waals surface area (Å²) in [7, 11) is 0. The van der Waals surface area contributed by atoms with Crippen molar-refractivity contribution >= 4 is 0 Å². The van der Waals surface area contributed by atoms with E-state index in [9.17, 15) is 5.11 Å². The fourth-order valence-electron chi connectivity index (χ4n) is 1.62. The standard InChI is InChI=1S/C12H19NO3/c1-8-3-10(5-13)4-9(2)12(8)16-7-11(15)6-14/h3-4,11,14-15H,5-7,13H2,1-2H3/t11-/m1/s1. The Hall–Kier alpha value is -1.10. The van der Waals surface area contributed by atoms with Crippen LogP contribution < -0.4 is 10.5 Å². The van der Waals surface area contributed by atoms with Crippen LogP contribution in [0.25, 0.3) is 0 Å². The van der Waals surface area contributed by atoms with E-state index in [0.717, 1.165) is 22.4 Å². The summed E-state index contributed by atoms with van der Waals surface area (Å²) in [5, 5.41) is 17.9. The third kappa shape index (κ3) is 3.20. The van der Waals surface area contributed by atoms with Crippen molar-refractivity contribution in [2.45, 2.75) is 26.5 Å². The number of ether oxygens (including phenoxy) is 1. The molecule has 0 aliphatic rings. The number of rotatable bonds is 5. The molecule has 0 unspecified atom stereocenters. The molecule has 0 heterocycles. The van der Waals surface area contributed by atoms with Crippen molar-refractivity contribution in [2.75, 3.05) is 13.2 Å². The van der Waals surface area contributed by atoms with E-state index < -0.39 is 6.10 Å². The molecule has 4 heteroatoms. The van der Waals surface area contributed by atoms with Crippen molar-refractivity contribution in [1.82, 2.24) is 0 Å². The molecule has 0 aliphatic heterocycles. The van der Waals surface area contributed by atoms with E-state index in [2.05, 4.69) is 0 Å². The number of nitrogens with two attached hydrogens (primary N) is 1. The van der Waals surface area contributed by atoms with E-state index in [1.807, 2.05) is 26.0 Å². The van der Waals surface area contributed by atoms with Crippen LogP contribution in [0.3, 0.4) is 0 Å². The fourth-order valence-corrected chi connectivity index (χ4v) is 1.62. The molecule has 0 amide bonds. The van der Waals surface area contributed by atoms with Gasteiger partial charge in [0.05, 0.1) is 6.61 Å². The fraction of sp³-hybridized carbons (Fsp3) is 0.500. The van der Waals surface area contributed by atoms with Crippen LogP contribution in [0.2, 0.25) is 0 Å². The second-order valence-corrected chi connectivity index (χ2v) is 3.91. The lowest BCUT2D eigenvalue weighted by atomic mass is 10.1. The molecule has 4 N–H and O–H groups in total. The summed E-state index contributed by atoms with van der Waals surface area (Å²) in [6.45, 7) is 4.18. The van der Waals surface area contributed by atoms with Gasteiger partial charge in [0.2, 0.25) is 0 Å². The molecular formula is C12H19NO3. The Morgan fingerprint density at radius 3 is 2.31 bits per heavy atom. The first kappa shape index (κ1) is 13.0. The van der Waals surface area contributed by atoms with Gasteiger partial charge in [-0.05, 0) is 30.5 Å². The molecule has 4 nitrogen and oxygen atoms in total. The molecule has 0 radical (unpaired) electrons. The van der Waals surface area contributed by atoms with E-state index in [1.165, 1.54) is 0 Å². The Labute approximate surface area is 95.7 Å². The zero-order valence-electron chi connectivity index (χ0n) is 9.73. The summed E-state index contributed by atoms with van der Waals surface area (Å²) in [6.07, 6.45) is -0.840. The van der Waals surface area contributed by atoms with Crippen molar-refractivity contribution in [2.24, 2.45) is 5.73 Å². The highest BCUT2D eigenvalue weighted by molar-refractivity contribution is 5.43. The lowest BCUT2D eigenvalue weighted by molar-refractivity contribution is 0.0532. The van der Waals surface area contributed by atoms with Crippen LogP contribution in [0, 0.1) is 13.8 Å². The van der Waals surface area contributed by atoms with Gasteiger partial charge in [-0.15, -0.1) is 0 Å². The van der Waals surface area contributed by atoms with Gasteiger partial charge in [0, 0.05) is 6.54 Å². The average molecular weight is 225 g/mol. The van der Waals surface area contributed by atoms with Gasteiger partial charge in [-0.25, -0.2) is 0 Å². The lowest BCUT2D eigenvalue weighted by Crippen LogP contribution is -2.21. The molecule has 1 rings (SSSR count). The topological polar surface area (TPSA) is 75.7 Å². The van der Waals surface area contributed by atoms with E-state index in [4.69, 9.17) is 15.6 Å². The minimum Gasteiger partial charge on any atom is -0.490 e. The van der Waals surface area contributed by atoms with Gasteiger partial charge in [-0.2, -0.15) is 0 Å². The molecule has 0 spiro atoms. The summed E-state index contributed by atoms with van der Waals surface area (Å²) < 4.78 is 5.47. The minimum atomic E-state index is -0.840. The average Bonchev–Trinajstić information content (AvgIpc) is 2.27. The molecule has 0 fully saturated rings. The van der Waals surface area contributed by atoms with Crippen LogP contribution in [0.15, 0.2) is 12.1 Å². The Balaban J connectivity index is 2.80. The summed E-state index contributed by atoms with van der Waals surface area (Å²) >= 11 is 0. The van der Waals surface area contributed by atoms with Crippen molar-refractivity contribution in [1.29, 1.82) is 0 Å². The smallest absolute Gasteiger partial charge is 0.125 e. The zero-order chi connectivity index (χ0) is 12.1. The summed E-state index contributed by atoms with van der Waals surface area (Å²) in [5.74, 6) is 0.754. The van der Waals surface area contributed by atoms with Crippen molar-refractivity contribution in [3.8, 4) is 5.75 Å². The van der Waals surface area contributed by atoms with Gasteiger partial charge in [0.1, 0.15) is 18.5 Å². The highest BCUT2D eigenvalue weighted by Gasteiger charge is 2.08. The molecule has 0 aromatic heterocycles. The Morgan fingerprint density at radius 2 is 1.88 bits per heavy atom. The second-order valence-electron chi connectivity index (χ2n) is 3.91. The van der Waals surface area contributed by atoms with Crippen molar-refractivity contribution < 1.29 is 14.9 Å². The minimum absolute atomic E-state index is 0.0974. The largest absolute Gasteiger partial charge is 0.490 e. The molecule has 0 aliphatic carbocycles. The van der Waals surface area contributed by atoms with Crippen LogP contribution >= 0.6 is 0 Å². The first-order valence-corrected chi connectivity index (χ1v) is 5.30. The van der Waals surface area contributed by atoms with Crippen LogP contribution in [0.4, 0.5) is 0 Å². The number of aliphatic hydroxyl groups excluding tert-OH is 2. The molecule has 90 valence electrons. The Morgan fingerprint density at radius 1 is 1.31 bits per heavy atom. The van der Waals surface area contributed by atoms with Crippen LogP contribution in [-0.2, 0) is 6.54 Å². The maximum absolute atomic E-state index is 9.21. The van der Waals surface area contributed by atoms with E-state index in [-0.39, 0.29) is 13.2 Å². The van der Waals surface area contributed by atoms with Crippen molar-refractivity contribution in [3.05, 3.63) is 28.8 Å². The number of aryl methyl sites for hydroxylation is 2. The quantitative estimate of drug-likeness (QED) is 0.682. The predicted molar refractivity (Wildman–Crippen MR) is 62.4 cm³/mol. The Bertz CT molecular complexity index is 329. The summed E-state index contributed by atoms with van der Waals surface area (Å²) in [4.78, 5) is 0. The molecule has 16 heavy (non-hydrogen) atoms. The molecule has 0 saturated heterocycles. The third-order valence-corrected chi connectivity index (χ3v) is 2.39. The van der Waals surface area contributed by atoms with Gasteiger partial charge >= 0.3 is 0 Å². The van der Waals surface area contributed by atoms with Crippen LogP contribution in [-0.4, -0.2) is 29.5 Å². The first-order chi connectivity index (χ1) is 7.58. The number of hydrogen-bond acceptors (Lipinski definition) is 4.